The number of amides is 1. The van der Waals surface area contributed by atoms with E-state index in [0.717, 1.165) is 31.5 Å². The number of hydrogen-bond acceptors (Lipinski definition) is 4. The molecule has 0 unspecified atom stereocenters. The first-order chi connectivity index (χ1) is 13.0. The van der Waals surface area contributed by atoms with E-state index in [1.54, 1.807) is 0 Å². The van der Waals surface area contributed by atoms with Crippen molar-refractivity contribution >= 4 is 54.2 Å². The Hall–Kier alpha value is -1.70. The SMILES string of the molecule is CCc1ccc(OCC(=O)Nc2nc(-c3ccc(Br)cc3)c(C)s2)c(Br)c1. The number of ether oxygens (including phenoxy) is 1. The van der Waals surface area contributed by atoms with Gasteiger partial charge in [0.2, 0.25) is 0 Å². The third kappa shape index (κ3) is 5.18. The summed E-state index contributed by atoms with van der Waals surface area (Å²) < 4.78 is 7.48. The highest BCUT2D eigenvalue weighted by atomic mass is 79.9. The zero-order valence-corrected chi connectivity index (χ0v) is 18.9. The standard InChI is InChI=1S/C20H18Br2N2O2S/c1-3-13-4-9-17(16(22)10-13)26-11-18(25)23-20-24-19(12(2)27-20)14-5-7-15(21)8-6-14/h4-10H,3,11H2,1-2H3,(H,23,24,25). The molecule has 1 heterocycles. The average Bonchev–Trinajstić information content (AvgIpc) is 3.01. The molecule has 0 bridgehead atoms. The Kier molecular flexibility index (Phi) is 6.68. The predicted molar refractivity (Wildman–Crippen MR) is 118 cm³/mol. The van der Waals surface area contributed by atoms with Crippen LogP contribution in [0.4, 0.5) is 5.13 Å². The Labute approximate surface area is 179 Å². The van der Waals surface area contributed by atoms with E-state index in [1.165, 1.54) is 16.9 Å². The van der Waals surface area contributed by atoms with Crippen LogP contribution >= 0.6 is 43.2 Å². The summed E-state index contributed by atoms with van der Waals surface area (Å²) in [5.74, 6) is 0.408. The van der Waals surface area contributed by atoms with E-state index in [4.69, 9.17) is 4.74 Å². The third-order valence-electron chi connectivity index (χ3n) is 3.92. The van der Waals surface area contributed by atoms with Gasteiger partial charge >= 0.3 is 0 Å². The van der Waals surface area contributed by atoms with Gasteiger partial charge in [-0.3, -0.25) is 10.1 Å². The lowest BCUT2D eigenvalue weighted by atomic mass is 10.1. The smallest absolute Gasteiger partial charge is 0.264 e. The molecule has 0 aliphatic carbocycles. The van der Waals surface area contributed by atoms with Crippen LogP contribution in [0.3, 0.4) is 0 Å². The van der Waals surface area contributed by atoms with E-state index in [9.17, 15) is 4.79 Å². The van der Waals surface area contributed by atoms with E-state index < -0.39 is 0 Å². The van der Waals surface area contributed by atoms with Crippen molar-refractivity contribution in [3.05, 3.63) is 61.9 Å². The minimum Gasteiger partial charge on any atom is -0.483 e. The molecule has 0 saturated carbocycles. The maximum Gasteiger partial charge on any atom is 0.264 e. The summed E-state index contributed by atoms with van der Waals surface area (Å²) in [6.07, 6.45) is 0.948. The van der Waals surface area contributed by atoms with Gasteiger partial charge < -0.3 is 4.74 Å². The average molecular weight is 510 g/mol. The number of aryl methyl sites for hydroxylation is 2. The van der Waals surface area contributed by atoms with E-state index in [-0.39, 0.29) is 12.5 Å². The van der Waals surface area contributed by atoms with Crippen molar-refractivity contribution in [2.75, 3.05) is 11.9 Å². The monoisotopic (exact) mass is 508 g/mol. The molecular formula is C20H18Br2N2O2S. The Balaban J connectivity index is 1.63. The van der Waals surface area contributed by atoms with E-state index >= 15 is 0 Å². The molecule has 0 aliphatic heterocycles. The molecule has 27 heavy (non-hydrogen) atoms. The molecule has 0 atom stereocenters. The lowest BCUT2D eigenvalue weighted by Gasteiger charge is -2.09. The highest BCUT2D eigenvalue weighted by molar-refractivity contribution is 9.10. The minimum absolute atomic E-state index is 0.0731. The number of aromatic nitrogens is 1. The Morgan fingerprint density at radius 2 is 1.93 bits per heavy atom. The molecule has 2 aromatic carbocycles. The van der Waals surface area contributed by atoms with Gasteiger partial charge in [-0.1, -0.05) is 41.1 Å². The van der Waals surface area contributed by atoms with Crippen LogP contribution in [0, 0.1) is 6.92 Å². The molecule has 0 radical (unpaired) electrons. The quantitative estimate of drug-likeness (QED) is 0.429. The van der Waals surface area contributed by atoms with Crippen molar-refractivity contribution in [1.29, 1.82) is 0 Å². The molecule has 1 N–H and O–H groups in total. The Morgan fingerprint density at radius 3 is 2.59 bits per heavy atom. The largest absolute Gasteiger partial charge is 0.483 e. The van der Waals surface area contributed by atoms with Gasteiger partial charge in [0.05, 0.1) is 10.2 Å². The highest BCUT2D eigenvalue weighted by Gasteiger charge is 2.13. The molecule has 0 fully saturated rings. The number of halogens is 2. The first kappa shape index (κ1) is 20.0. The Morgan fingerprint density at radius 1 is 1.19 bits per heavy atom. The number of nitrogens with one attached hydrogen (secondary N) is 1. The van der Waals surface area contributed by atoms with E-state index in [0.29, 0.717) is 10.9 Å². The van der Waals surface area contributed by atoms with Crippen LogP contribution in [0.25, 0.3) is 11.3 Å². The maximum absolute atomic E-state index is 12.2. The van der Waals surface area contributed by atoms with Crippen LogP contribution in [0.15, 0.2) is 51.4 Å². The van der Waals surface area contributed by atoms with Crippen molar-refractivity contribution in [3.8, 4) is 17.0 Å². The molecule has 7 heteroatoms. The van der Waals surface area contributed by atoms with Crippen LogP contribution in [0.1, 0.15) is 17.4 Å². The van der Waals surface area contributed by atoms with Crippen molar-refractivity contribution in [2.45, 2.75) is 20.3 Å². The normalized spacial score (nSPS) is 10.7. The fourth-order valence-corrected chi connectivity index (χ4v) is 4.16. The number of carbonyl (C=O) groups is 1. The highest BCUT2D eigenvalue weighted by Crippen LogP contribution is 2.31. The number of hydrogen-bond donors (Lipinski definition) is 1. The van der Waals surface area contributed by atoms with Crippen molar-refractivity contribution in [2.24, 2.45) is 0 Å². The second kappa shape index (κ2) is 8.99. The third-order valence-corrected chi connectivity index (χ3v) is 5.96. The van der Waals surface area contributed by atoms with Gasteiger partial charge in [0.25, 0.3) is 5.91 Å². The fourth-order valence-electron chi connectivity index (χ4n) is 2.51. The molecule has 1 amide bonds. The Bertz CT molecular complexity index is 955. The number of rotatable bonds is 6. The molecule has 0 saturated heterocycles. The van der Waals surface area contributed by atoms with Crippen LogP contribution in [0.2, 0.25) is 0 Å². The molecule has 140 valence electrons. The molecule has 3 aromatic rings. The second-order valence-corrected chi connectivity index (χ2v) is 8.86. The number of benzene rings is 2. The van der Waals surface area contributed by atoms with Crippen molar-refractivity contribution in [1.82, 2.24) is 4.98 Å². The predicted octanol–water partition coefficient (Wildman–Crippen LogP) is 6.22. The maximum atomic E-state index is 12.2. The van der Waals surface area contributed by atoms with E-state index in [2.05, 4.69) is 49.1 Å². The van der Waals surface area contributed by atoms with Gasteiger partial charge in [-0.2, -0.15) is 0 Å². The second-order valence-electron chi connectivity index (χ2n) is 5.89. The summed E-state index contributed by atoms with van der Waals surface area (Å²) in [5, 5.41) is 3.38. The zero-order chi connectivity index (χ0) is 19.4. The van der Waals surface area contributed by atoms with Crippen molar-refractivity contribution in [3.63, 3.8) is 0 Å². The molecule has 4 nitrogen and oxygen atoms in total. The van der Waals surface area contributed by atoms with Gasteiger partial charge in [-0.25, -0.2) is 4.98 Å². The summed E-state index contributed by atoms with van der Waals surface area (Å²) in [7, 11) is 0. The summed E-state index contributed by atoms with van der Waals surface area (Å²) in [4.78, 5) is 17.8. The molecule has 1 aromatic heterocycles. The minimum atomic E-state index is -0.238. The van der Waals surface area contributed by atoms with Gasteiger partial charge in [0.15, 0.2) is 11.7 Å². The van der Waals surface area contributed by atoms with Crippen LogP contribution in [-0.2, 0) is 11.2 Å². The van der Waals surface area contributed by atoms with Crippen molar-refractivity contribution < 1.29 is 9.53 Å². The number of anilines is 1. The lowest BCUT2D eigenvalue weighted by Crippen LogP contribution is -2.20. The molecular weight excluding hydrogens is 492 g/mol. The molecule has 0 spiro atoms. The van der Waals surface area contributed by atoms with Gasteiger partial charge in [0.1, 0.15) is 5.75 Å². The van der Waals surface area contributed by atoms with Gasteiger partial charge in [-0.05, 0) is 59.1 Å². The van der Waals surface area contributed by atoms with Gasteiger partial charge in [-0.15, -0.1) is 11.3 Å². The van der Waals surface area contributed by atoms with Gasteiger partial charge in [0, 0.05) is 14.9 Å². The van der Waals surface area contributed by atoms with Crippen LogP contribution < -0.4 is 10.1 Å². The van der Waals surface area contributed by atoms with Crippen LogP contribution in [-0.4, -0.2) is 17.5 Å². The number of nitrogens with zero attached hydrogens (tertiary/aromatic N) is 1. The lowest BCUT2D eigenvalue weighted by molar-refractivity contribution is -0.118. The first-order valence-electron chi connectivity index (χ1n) is 8.40. The summed E-state index contributed by atoms with van der Waals surface area (Å²) in [6, 6.07) is 13.8. The number of thiazole rings is 1. The summed E-state index contributed by atoms with van der Waals surface area (Å²) >= 11 is 8.36. The first-order valence-corrected chi connectivity index (χ1v) is 10.8. The zero-order valence-electron chi connectivity index (χ0n) is 14.9. The summed E-state index contributed by atoms with van der Waals surface area (Å²) in [5.41, 5.74) is 3.10. The number of carbonyl (C=O) groups excluding carboxylic acids is 1. The molecule has 0 aliphatic rings. The molecule has 3 rings (SSSR count). The fraction of sp³-hybridized carbons (Fsp3) is 0.200. The summed E-state index contributed by atoms with van der Waals surface area (Å²) in [6.45, 7) is 4.01. The topological polar surface area (TPSA) is 51.2 Å². The van der Waals surface area contributed by atoms with E-state index in [1.807, 2.05) is 49.4 Å². The van der Waals surface area contributed by atoms with Crippen LogP contribution in [0.5, 0.6) is 5.75 Å².